The van der Waals surface area contributed by atoms with Crippen LogP contribution in [-0.2, 0) is 14.3 Å². The molecule has 0 bridgehead atoms. The van der Waals surface area contributed by atoms with Crippen molar-refractivity contribution in [1.82, 2.24) is 16.0 Å². The highest BCUT2D eigenvalue weighted by atomic mass is 16.6. The van der Waals surface area contributed by atoms with E-state index in [-0.39, 0.29) is 18.4 Å². The Balaban J connectivity index is 2.43. The first kappa shape index (κ1) is 28.8. The van der Waals surface area contributed by atoms with Gasteiger partial charge in [0.2, 0.25) is 5.91 Å². The molecular formula is C25H45N3O5. The summed E-state index contributed by atoms with van der Waals surface area (Å²) in [7, 11) is 0. The molecule has 0 saturated heterocycles. The van der Waals surface area contributed by atoms with Gasteiger partial charge in [-0.05, 0) is 58.8 Å². The van der Waals surface area contributed by atoms with Gasteiger partial charge in [0.15, 0.2) is 0 Å². The Labute approximate surface area is 199 Å². The second-order valence-corrected chi connectivity index (χ2v) is 10.0. The fourth-order valence-electron chi connectivity index (χ4n) is 4.00. The molecular weight excluding hydrogens is 422 g/mol. The number of hydrogen-bond donors (Lipinski definition) is 4. The third-order valence-corrected chi connectivity index (χ3v) is 5.77. The summed E-state index contributed by atoms with van der Waals surface area (Å²) in [5.41, 5.74) is 0.174. The van der Waals surface area contributed by atoms with Crippen LogP contribution >= 0.6 is 0 Å². The van der Waals surface area contributed by atoms with Gasteiger partial charge in [0.25, 0.3) is 0 Å². The van der Waals surface area contributed by atoms with Crippen LogP contribution in [0.3, 0.4) is 0 Å². The van der Waals surface area contributed by atoms with Crippen molar-refractivity contribution in [1.29, 1.82) is 0 Å². The summed E-state index contributed by atoms with van der Waals surface area (Å²) in [6.07, 6.45) is 10.1. The molecule has 1 atom stereocenters. The Morgan fingerprint density at radius 2 is 1.67 bits per heavy atom. The minimum Gasteiger partial charge on any atom is -0.481 e. The van der Waals surface area contributed by atoms with E-state index in [1.807, 2.05) is 20.8 Å². The van der Waals surface area contributed by atoms with Gasteiger partial charge in [-0.1, -0.05) is 38.7 Å². The van der Waals surface area contributed by atoms with Gasteiger partial charge >= 0.3 is 12.1 Å². The quantitative estimate of drug-likeness (QED) is 0.264. The Morgan fingerprint density at radius 3 is 2.30 bits per heavy atom. The predicted octanol–water partition coefficient (Wildman–Crippen LogP) is 4.49. The van der Waals surface area contributed by atoms with Crippen LogP contribution in [0.4, 0.5) is 4.79 Å². The van der Waals surface area contributed by atoms with Crippen molar-refractivity contribution in [3.05, 3.63) is 12.3 Å². The smallest absolute Gasteiger partial charge is 0.407 e. The molecule has 190 valence electrons. The van der Waals surface area contributed by atoms with Crippen molar-refractivity contribution in [3.63, 3.8) is 0 Å². The van der Waals surface area contributed by atoms with Gasteiger partial charge in [-0.15, -0.1) is 0 Å². The molecule has 2 amide bonds. The first-order valence-electron chi connectivity index (χ1n) is 12.5. The maximum absolute atomic E-state index is 12.6. The van der Waals surface area contributed by atoms with Crippen molar-refractivity contribution < 1.29 is 24.2 Å². The summed E-state index contributed by atoms with van der Waals surface area (Å²) in [5.74, 6) is -0.141. The van der Waals surface area contributed by atoms with Gasteiger partial charge in [-0.3, -0.25) is 9.59 Å². The molecule has 8 nitrogen and oxygen atoms in total. The van der Waals surface area contributed by atoms with Crippen molar-refractivity contribution in [3.8, 4) is 0 Å². The Kier molecular flexibility index (Phi) is 13.6. The standard InChI is InChI=1S/C25H45N3O5/c1-19(26-18-10-14-23(30)31)21(13-8-9-17-27-24(32)33-25(2,3)4)28-22(29)16-15-20-11-6-5-7-12-20/h20-21,26H,1,5-18H2,2-4H3,(H,27,32)(H,28,29)(H,30,31)/t21-/m0/s1. The highest BCUT2D eigenvalue weighted by molar-refractivity contribution is 5.76. The molecule has 0 aromatic rings. The predicted molar refractivity (Wildman–Crippen MR) is 130 cm³/mol. The summed E-state index contributed by atoms with van der Waals surface area (Å²) in [6.45, 7) is 10.5. The van der Waals surface area contributed by atoms with Crippen molar-refractivity contribution >= 4 is 18.0 Å². The molecule has 8 heteroatoms. The molecule has 33 heavy (non-hydrogen) atoms. The molecule has 1 saturated carbocycles. The summed E-state index contributed by atoms with van der Waals surface area (Å²) in [4.78, 5) is 35.1. The van der Waals surface area contributed by atoms with E-state index in [1.165, 1.54) is 32.1 Å². The summed E-state index contributed by atoms with van der Waals surface area (Å²) < 4.78 is 5.23. The lowest BCUT2D eigenvalue weighted by Gasteiger charge is -2.24. The normalized spacial score (nSPS) is 15.4. The van der Waals surface area contributed by atoms with E-state index < -0.39 is 17.7 Å². The SMILES string of the molecule is C=C(NCCCC(=O)O)[C@H](CCCCNC(=O)OC(C)(C)C)NC(=O)CCC1CCCCC1. The molecule has 4 N–H and O–H groups in total. The van der Waals surface area contributed by atoms with E-state index in [4.69, 9.17) is 9.84 Å². The molecule has 0 heterocycles. The zero-order valence-electron chi connectivity index (χ0n) is 20.8. The molecule has 1 aliphatic rings. The largest absolute Gasteiger partial charge is 0.481 e. The molecule has 0 aliphatic heterocycles. The number of aliphatic carboxylic acids is 1. The second-order valence-electron chi connectivity index (χ2n) is 10.0. The van der Waals surface area contributed by atoms with Gasteiger partial charge in [-0.25, -0.2) is 4.79 Å². The lowest BCUT2D eigenvalue weighted by Crippen LogP contribution is -2.40. The highest BCUT2D eigenvalue weighted by Crippen LogP contribution is 2.27. The molecule has 1 rings (SSSR count). The van der Waals surface area contributed by atoms with Crippen molar-refractivity contribution in [2.75, 3.05) is 13.1 Å². The van der Waals surface area contributed by atoms with Crippen LogP contribution < -0.4 is 16.0 Å². The number of hydrogen-bond acceptors (Lipinski definition) is 5. The van der Waals surface area contributed by atoms with E-state index in [0.29, 0.717) is 44.0 Å². The van der Waals surface area contributed by atoms with Gasteiger partial charge in [-0.2, -0.15) is 0 Å². The van der Waals surface area contributed by atoms with Gasteiger partial charge < -0.3 is 25.8 Å². The monoisotopic (exact) mass is 467 g/mol. The summed E-state index contributed by atoms with van der Waals surface area (Å²) in [5, 5.41) is 17.8. The van der Waals surface area contributed by atoms with Crippen LogP contribution in [0.15, 0.2) is 12.3 Å². The number of ether oxygens (including phenoxy) is 1. The van der Waals surface area contributed by atoms with E-state index in [0.717, 1.165) is 19.3 Å². The number of carboxylic acid groups (broad SMARTS) is 1. The van der Waals surface area contributed by atoms with Crippen molar-refractivity contribution in [2.45, 2.75) is 109 Å². The first-order chi connectivity index (χ1) is 15.6. The fourth-order valence-corrected chi connectivity index (χ4v) is 4.00. The maximum Gasteiger partial charge on any atom is 0.407 e. The summed E-state index contributed by atoms with van der Waals surface area (Å²) >= 11 is 0. The third kappa shape index (κ3) is 15.3. The number of alkyl carbamates (subject to hydrolysis) is 1. The van der Waals surface area contributed by atoms with E-state index in [9.17, 15) is 14.4 Å². The molecule has 1 aliphatic carbocycles. The second kappa shape index (κ2) is 15.6. The lowest BCUT2D eigenvalue weighted by molar-refractivity contribution is -0.137. The fraction of sp³-hybridized carbons (Fsp3) is 0.800. The Hall–Kier alpha value is -2.25. The topological polar surface area (TPSA) is 117 Å². The zero-order chi connectivity index (χ0) is 24.7. The van der Waals surface area contributed by atoms with E-state index >= 15 is 0 Å². The highest BCUT2D eigenvalue weighted by Gasteiger charge is 2.19. The van der Waals surface area contributed by atoms with Gasteiger partial charge in [0.1, 0.15) is 5.60 Å². The number of amides is 2. The van der Waals surface area contributed by atoms with Crippen LogP contribution in [0.5, 0.6) is 0 Å². The van der Waals surface area contributed by atoms with Crippen LogP contribution in [0.25, 0.3) is 0 Å². The van der Waals surface area contributed by atoms with Crippen LogP contribution in [-0.4, -0.2) is 47.8 Å². The van der Waals surface area contributed by atoms with Crippen LogP contribution in [0.2, 0.25) is 0 Å². The number of carboxylic acids is 1. The number of carbonyl (C=O) groups is 3. The van der Waals surface area contributed by atoms with Crippen molar-refractivity contribution in [2.24, 2.45) is 5.92 Å². The van der Waals surface area contributed by atoms with E-state index in [1.54, 1.807) is 0 Å². The van der Waals surface area contributed by atoms with Crippen LogP contribution in [0, 0.1) is 5.92 Å². The summed E-state index contributed by atoms with van der Waals surface area (Å²) in [6, 6.07) is -0.227. The molecule has 0 aromatic heterocycles. The maximum atomic E-state index is 12.6. The molecule has 1 fully saturated rings. The molecule has 0 radical (unpaired) electrons. The Morgan fingerprint density at radius 1 is 1.00 bits per heavy atom. The van der Waals surface area contributed by atoms with Gasteiger partial charge in [0, 0.05) is 31.6 Å². The number of carbonyl (C=O) groups excluding carboxylic acids is 2. The first-order valence-corrected chi connectivity index (χ1v) is 12.5. The molecule has 0 aromatic carbocycles. The van der Waals surface area contributed by atoms with Crippen LogP contribution in [0.1, 0.15) is 97.8 Å². The zero-order valence-corrected chi connectivity index (χ0v) is 20.8. The minimum atomic E-state index is -0.826. The number of unbranched alkanes of at least 4 members (excludes halogenated alkanes) is 1. The third-order valence-electron chi connectivity index (χ3n) is 5.77. The number of rotatable bonds is 15. The van der Waals surface area contributed by atoms with Gasteiger partial charge in [0.05, 0.1) is 6.04 Å². The molecule has 0 spiro atoms. The average molecular weight is 468 g/mol. The molecule has 0 unspecified atom stereocenters. The van der Waals surface area contributed by atoms with E-state index in [2.05, 4.69) is 22.5 Å². The average Bonchev–Trinajstić information content (AvgIpc) is 2.73. The number of nitrogens with one attached hydrogen (secondary N) is 3. The lowest BCUT2D eigenvalue weighted by atomic mass is 9.86. The Bertz CT molecular complexity index is 624. The minimum absolute atomic E-state index is 0.0333.